The summed E-state index contributed by atoms with van der Waals surface area (Å²) in [4.78, 5) is 12.8. The fourth-order valence-electron chi connectivity index (χ4n) is 2.54. The van der Waals surface area contributed by atoms with Gasteiger partial charge in [0.1, 0.15) is 0 Å². The van der Waals surface area contributed by atoms with Gasteiger partial charge in [0.15, 0.2) is 16.8 Å². The fourth-order valence-corrected chi connectivity index (χ4v) is 3.50. The second kappa shape index (κ2) is 7.00. The van der Waals surface area contributed by atoms with Crippen LogP contribution in [0.3, 0.4) is 0 Å². The molecule has 1 aliphatic rings. The van der Waals surface area contributed by atoms with Gasteiger partial charge in [-0.05, 0) is 58.4 Å². The molecule has 0 saturated carbocycles. The molecule has 0 saturated heterocycles. The number of halogens is 1. The lowest BCUT2D eigenvalue weighted by Crippen LogP contribution is -2.30. The Balaban J connectivity index is 2.59. The zero-order valence-corrected chi connectivity index (χ0v) is 17.1. The summed E-state index contributed by atoms with van der Waals surface area (Å²) in [6.07, 6.45) is 3.21. The van der Waals surface area contributed by atoms with E-state index in [1.165, 1.54) is 0 Å². The van der Waals surface area contributed by atoms with E-state index in [0.29, 0.717) is 15.6 Å². The van der Waals surface area contributed by atoms with Crippen LogP contribution in [0.5, 0.6) is 0 Å². The average Bonchev–Trinajstić information content (AvgIpc) is 2.47. The van der Waals surface area contributed by atoms with E-state index in [0.717, 1.165) is 11.1 Å². The molecule has 5 heteroatoms. The Bertz CT molecular complexity index is 768. The zero-order valence-electron chi connectivity index (χ0n) is 15.5. The highest BCUT2D eigenvalue weighted by atomic mass is 35.5. The summed E-state index contributed by atoms with van der Waals surface area (Å²) in [5.74, 6) is -0.0499. The topological polar surface area (TPSA) is 46.5 Å². The highest BCUT2D eigenvalue weighted by molar-refractivity contribution is 7.84. The van der Waals surface area contributed by atoms with E-state index in [1.54, 1.807) is 36.4 Å². The van der Waals surface area contributed by atoms with E-state index in [1.807, 2.05) is 41.5 Å². The van der Waals surface area contributed by atoms with Crippen molar-refractivity contribution < 1.29 is 9.00 Å². The molecule has 134 valence electrons. The van der Waals surface area contributed by atoms with Crippen LogP contribution >= 0.6 is 11.6 Å². The second-order valence-corrected chi connectivity index (χ2v) is 9.75. The molecule has 0 fully saturated rings. The molecule has 1 unspecified atom stereocenters. The zero-order chi connectivity index (χ0) is 19.0. The van der Waals surface area contributed by atoms with Gasteiger partial charge in [-0.25, -0.2) is 4.21 Å². The molecule has 0 aliphatic heterocycles. The van der Waals surface area contributed by atoms with Gasteiger partial charge in [0, 0.05) is 5.02 Å². The molecule has 1 aromatic carbocycles. The molecule has 0 bridgehead atoms. The second-order valence-electron chi connectivity index (χ2n) is 8.16. The van der Waals surface area contributed by atoms with Gasteiger partial charge >= 0.3 is 0 Å². The number of allylic oxidation sites excluding steroid dienone is 4. The molecule has 0 radical (unpaired) electrons. The number of carbonyl (C=O) groups is 1. The molecule has 1 atom stereocenters. The summed E-state index contributed by atoms with van der Waals surface area (Å²) >= 11 is 5.90. The first kappa shape index (κ1) is 19.8. The average molecular weight is 378 g/mol. The van der Waals surface area contributed by atoms with Gasteiger partial charge < -0.3 is 0 Å². The predicted octanol–water partition coefficient (Wildman–Crippen LogP) is 5.33. The minimum absolute atomic E-state index is 0.0499. The van der Waals surface area contributed by atoms with Crippen molar-refractivity contribution in [1.29, 1.82) is 0 Å². The Hall–Kier alpha value is -1.52. The van der Waals surface area contributed by atoms with E-state index in [9.17, 15) is 9.00 Å². The first-order valence-electron chi connectivity index (χ1n) is 8.15. The molecule has 0 aromatic heterocycles. The normalized spacial score (nSPS) is 17.1. The largest absolute Gasteiger partial charge is 0.290 e. The van der Waals surface area contributed by atoms with Gasteiger partial charge in [0.05, 0.1) is 10.6 Å². The highest BCUT2D eigenvalue weighted by Gasteiger charge is 2.34. The SMILES string of the molecule is CC(C)(C)C1=CC(=O)C=C(C(C)(C)C)C1=NS(=O)c1ccc(Cl)cc1. The molecule has 0 spiro atoms. The summed E-state index contributed by atoms with van der Waals surface area (Å²) in [7, 11) is -1.58. The van der Waals surface area contributed by atoms with Crippen LogP contribution < -0.4 is 0 Å². The van der Waals surface area contributed by atoms with E-state index in [-0.39, 0.29) is 16.6 Å². The van der Waals surface area contributed by atoms with Crippen molar-refractivity contribution >= 4 is 34.1 Å². The minimum atomic E-state index is -1.58. The van der Waals surface area contributed by atoms with Gasteiger partial charge in [0.2, 0.25) is 0 Å². The van der Waals surface area contributed by atoms with Gasteiger partial charge in [-0.2, -0.15) is 4.40 Å². The molecule has 25 heavy (non-hydrogen) atoms. The van der Waals surface area contributed by atoms with Crippen molar-refractivity contribution in [3.8, 4) is 0 Å². The van der Waals surface area contributed by atoms with Crippen LogP contribution in [-0.4, -0.2) is 15.7 Å². The lowest BCUT2D eigenvalue weighted by atomic mass is 9.72. The molecule has 0 N–H and O–H groups in total. The summed E-state index contributed by atoms with van der Waals surface area (Å²) in [5, 5.41) is 0.585. The Labute approximate surface area is 157 Å². The van der Waals surface area contributed by atoms with Crippen molar-refractivity contribution in [3.63, 3.8) is 0 Å². The molecule has 1 aliphatic carbocycles. The van der Waals surface area contributed by atoms with Crippen molar-refractivity contribution in [1.82, 2.24) is 0 Å². The third-order valence-electron chi connectivity index (χ3n) is 3.89. The number of carbonyl (C=O) groups excluding carboxylic acids is 1. The maximum atomic E-state index is 12.8. The quantitative estimate of drug-likeness (QED) is 0.654. The van der Waals surface area contributed by atoms with Crippen LogP contribution in [0, 0.1) is 10.8 Å². The Morgan fingerprint density at radius 3 is 1.72 bits per heavy atom. The molecule has 1 aromatic rings. The number of rotatable bonds is 2. The number of hydrogen-bond acceptors (Lipinski definition) is 2. The van der Waals surface area contributed by atoms with Gasteiger partial charge in [-0.1, -0.05) is 53.1 Å². The monoisotopic (exact) mass is 377 g/mol. The lowest BCUT2D eigenvalue weighted by molar-refractivity contribution is -0.110. The predicted molar refractivity (Wildman–Crippen MR) is 105 cm³/mol. The Morgan fingerprint density at radius 2 is 1.32 bits per heavy atom. The first-order chi connectivity index (χ1) is 11.4. The molecule has 0 heterocycles. The van der Waals surface area contributed by atoms with Gasteiger partial charge in [-0.15, -0.1) is 0 Å². The smallest absolute Gasteiger partial charge is 0.179 e. The van der Waals surface area contributed by atoms with E-state index < -0.39 is 11.0 Å². The number of hydrogen-bond donors (Lipinski definition) is 0. The van der Waals surface area contributed by atoms with Crippen molar-refractivity contribution in [3.05, 3.63) is 52.6 Å². The minimum Gasteiger partial charge on any atom is -0.290 e. The maximum Gasteiger partial charge on any atom is 0.179 e. The molecule has 3 nitrogen and oxygen atoms in total. The van der Waals surface area contributed by atoms with Crippen LogP contribution in [0.2, 0.25) is 5.02 Å². The lowest BCUT2D eigenvalue weighted by Gasteiger charge is -2.32. The van der Waals surface area contributed by atoms with Crippen LogP contribution in [0.1, 0.15) is 41.5 Å². The maximum absolute atomic E-state index is 12.8. The summed E-state index contributed by atoms with van der Waals surface area (Å²) in [5.41, 5.74) is 1.69. The van der Waals surface area contributed by atoms with Gasteiger partial charge in [0.25, 0.3) is 0 Å². The number of nitrogens with zero attached hydrogens (tertiary/aromatic N) is 1. The van der Waals surface area contributed by atoms with E-state index >= 15 is 0 Å². The first-order valence-corrected chi connectivity index (χ1v) is 9.63. The standard InChI is InChI=1S/C20H24ClNO2S/c1-19(2,3)16-11-14(23)12-17(20(4,5)6)18(16)22-25(24)15-9-7-13(21)8-10-15/h7-12H,1-6H3. The molecular formula is C20H24ClNO2S. The van der Waals surface area contributed by atoms with Gasteiger partial charge in [-0.3, -0.25) is 4.79 Å². The number of ketones is 1. The summed E-state index contributed by atoms with van der Waals surface area (Å²) in [6.45, 7) is 12.2. The van der Waals surface area contributed by atoms with E-state index in [2.05, 4.69) is 4.40 Å². The van der Waals surface area contributed by atoms with Crippen molar-refractivity contribution in [2.24, 2.45) is 15.2 Å². The van der Waals surface area contributed by atoms with E-state index in [4.69, 9.17) is 11.6 Å². The Kier molecular flexibility index (Phi) is 5.55. The number of benzene rings is 1. The van der Waals surface area contributed by atoms with Crippen LogP contribution in [0.4, 0.5) is 0 Å². The van der Waals surface area contributed by atoms with Crippen LogP contribution in [0.15, 0.2) is 56.9 Å². The Morgan fingerprint density at radius 1 is 0.880 bits per heavy atom. The van der Waals surface area contributed by atoms with Crippen LogP contribution in [0.25, 0.3) is 0 Å². The van der Waals surface area contributed by atoms with Crippen molar-refractivity contribution in [2.75, 3.05) is 0 Å². The third kappa shape index (κ3) is 4.77. The highest BCUT2D eigenvalue weighted by Crippen LogP contribution is 2.38. The fraction of sp³-hybridized carbons (Fsp3) is 0.400. The molecule has 2 rings (SSSR count). The summed E-state index contributed by atoms with van der Waals surface area (Å²) in [6, 6.07) is 6.80. The summed E-state index contributed by atoms with van der Waals surface area (Å²) < 4.78 is 17.3. The molecular weight excluding hydrogens is 354 g/mol. The van der Waals surface area contributed by atoms with Crippen molar-refractivity contribution in [2.45, 2.75) is 46.4 Å². The molecule has 0 amide bonds. The third-order valence-corrected chi connectivity index (χ3v) is 5.16. The van der Waals surface area contributed by atoms with Crippen LogP contribution in [-0.2, 0) is 15.8 Å².